The summed E-state index contributed by atoms with van der Waals surface area (Å²) in [5.74, 6) is 0.241. The highest BCUT2D eigenvalue weighted by Crippen LogP contribution is 2.28. The van der Waals surface area contributed by atoms with Crippen LogP contribution in [0.25, 0.3) is 0 Å². The summed E-state index contributed by atoms with van der Waals surface area (Å²) in [6, 6.07) is 2.80. The maximum atomic E-state index is 13.4. The molecule has 146 valence electrons. The molecule has 0 saturated carbocycles. The number of hydrogen-bond acceptors (Lipinski definition) is 5. The van der Waals surface area contributed by atoms with E-state index in [1.54, 1.807) is 6.07 Å². The molecule has 1 unspecified atom stereocenters. The second kappa shape index (κ2) is 9.09. The summed E-state index contributed by atoms with van der Waals surface area (Å²) in [6.45, 7) is 3.31. The molecule has 9 heteroatoms. The summed E-state index contributed by atoms with van der Waals surface area (Å²) >= 11 is 0. The number of amides is 1. The Morgan fingerprint density at radius 3 is 2.58 bits per heavy atom. The minimum absolute atomic E-state index is 0.214. The molecule has 6 nitrogen and oxygen atoms in total. The highest BCUT2D eigenvalue weighted by molar-refractivity contribution is 5.94. The van der Waals surface area contributed by atoms with Gasteiger partial charge in [0, 0.05) is 38.3 Å². The lowest BCUT2D eigenvalue weighted by Crippen LogP contribution is -2.57. The van der Waals surface area contributed by atoms with E-state index in [-0.39, 0.29) is 18.7 Å². The van der Waals surface area contributed by atoms with Crippen molar-refractivity contribution in [1.29, 1.82) is 0 Å². The third-order valence-electron chi connectivity index (χ3n) is 4.15. The van der Waals surface area contributed by atoms with Crippen molar-refractivity contribution in [2.75, 3.05) is 46.4 Å². The van der Waals surface area contributed by atoms with Gasteiger partial charge < -0.3 is 20.1 Å². The average Bonchev–Trinajstić information content (AvgIpc) is 2.62. The van der Waals surface area contributed by atoms with Crippen molar-refractivity contribution in [2.24, 2.45) is 0 Å². The summed E-state index contributed by atoms with van der Waals surface area (Å²) < 4.78 is 50.6. The van der Waals surface area contributed by atoms with Crippen LogP contribution in [0.4, 0.5) is 13.2 Å². The van der Waals surface area contributed by atoms with Crippen molar-refractivity contribution in [3.63, 3.8) is 0 Å². The molecular formula is C17H24F3N3O3. The van der Waals surface area contributed by atoms with Crippen LogP contribution in [0.1, 0.15) is 17.3 Å². The Bertz CT molecular complexity index is 605. The van der Waals surface area contributed by atoms with Crippen LogP contribution in [0.5, 0.6) is 11.5 Å². The first-order chi connectivity index (χ1) is 12.4. The van der Waals surface area contributed by atoms with Crippen molar-refractivity contribution in [3.8, 4) is 11.5 Å². The molecule has 1 aromatic carbocycles. The molecule has 1 aromatic rings. The fraction of sp³-hybridized carbons (Fsp3) is 0.588. The van der Waals surface area contributed by atoms with E-state index in [2.05, 4.69) is 10.6 Å². The van der Waals surface area contributed by atoms with E-state index in [0.29, 0.717) is 31.2 Å². The standard InChI is InChI=1S/C17H24F3N3O3/c1-3-26-13-5-4-12(10-14(13)25-2)16(24)22-11-15(17(18,19)20)23-8-6-21-7-9-23/h4-5,10,15,21H,3,6-9,11H2,1-2H3,(H,22,24). The number of ether oxygens (including phenoxy) is 2. The first-order valence-electron chi connectivity index (χ1n) is 8.47. The molecule has 1 amide bonds. The van der Waals surface area contributed by atoms with E-state index >= 15 is 0 Å². The molecule has 26 heavy (non-hydrogen) atoms. The highest BCUT2D eigenvalue weighted by Gasteiger charge is 2.43. The van der Waals surface area contributed by atoms with Crippen molar-refractivity contribution in [1.82, 2.24) is 15.5 Å². The molecule has 0 spiro atoms. The molecule has 1 aliphatic rings. The Labute approximate surface area is 150 Å². The molecule has 0 aromatic heterocycles. The molecule has 1 saturated heterocycles. The van der Waals surface area contributed by atoms with Gasteiger partial charge in [0.15, 0.2) is 11.5 Å². The number of rotatable bonds is 7. The number of carbonyl (C=O) groups excluding carboxylic acids is 1. The Kier molecular flexibility index (Phi) is 7.10. The minimum Gasteiger partial charge on any atom is -0.493 e. The van der Waals surface area contributed by atoms with Gasteiger partial charge in [-0.25, -0.2) is 0 Å². The van der Waals surface area contributed by atoms with E-state index in [1.807, 2.05) is 6.92 Å². The fourth-order valence-electron chi connectivity index (χ4n) is 2.82. The average molecular weight is 375 g/mol. The third kappa shape index (κ3) is 5.25. The molecule has 1 heterocycles. The van der Waals surface area contributed by atoms with Crippen LogP contribution in [-0.2, 0) is 0 Å². The van der Waals surface area contributed by atoms with E-state index < -0.39 is 24.7 Å². The summed E-state index contributed by atoms with van der Waals surface area (Å²) in [7, 11) is 1.43. The van der Waals surface area contributed by atoms with Gasteiger partial charge >= 0.3 is 6.18 Å². The van der Waals surface area contributed by atoms with Gasteiger partial charge in [-0.3, -0.25) is 9.69 Å². The van der Waals surface area contributed by atoms with Gasteiger partial charge in [0.25, 0.3) is 5.91 Å². The Morgan fingerprint density at radius 1 is 1.31 bits per heavy atom. The molecule has 2 N–H and O–H groups in total. The lowest BCUT2D eigenvalue weighted by atomic mass is 10.1. The summed E-state index contributed by atoms with van der Waals surface area (Å²) in [5, 5.41) is 5.41. The summed E-state index contributed by atoms with van der Waals surface area (Å²) in [4.78, 5) is 13.6. The van der Waals surface area contributed by atoms with Gasteiger partial charge in [0.2, 0.25) is 0 Å². The van der Waals surface area contributed by atoms with E-state index in [4.69, 9.17) is 9.47 Å². The molecule has 1 atom stereocenters. The van der Waals surface area contributed by atoms with Gasteiger partial charge in [-0.1, -0.05) is 0 Å². The maximum absolute atomic E-state index is 13.4. The smallest absolute Gasteiger partial charge is 0.405 e. The molecule has 0 aliphatic carbocycles. The predicted octanol–water partition coefficient (Wildman–Crippen LogP) is 1.66. The lowest BCUT2D eigenvalue weighted by molar-refractivity contribution is -0.183. The Balaban J connectivity index is 2.05. The first-order valence-corrected chi connectivity index (χ1v) is 8.47. The highest BCUT2D eigenvalue weighted by atomic mass is 19.4. The van der Waals surface area contributed by atoms with Crippen molar-refractivity contribution in [3.05, 3.63) is 23.8 Å². The number of nitrogens with one attached hydrogen (secondary N) is 2. The second-order valence-electron chi connectivity index (χ2n) is 5.85. The van der Waals surface area contributed by atoms with Gasteiger partial charge in [0.1, 0.15) is 6.04 Å². The fourth-order valence-corrected chi connectivity index (χ4v) is 2.82. The topological polar surface area (TPSA) is 62.8 Å². The number of alkyl halides is 3. The maximum Gasteiger partial charge on any atom is 0.405 e. The molecule has 0 bridgehead atoms. The number of hydrogen-bond donors (Lipinski definition) is 2. The zero-order valence-electron chi connectivity index (χ0n) is 14.9. The van der Waals surface area contributed by atoms with E-state index in [9.17, 15) is 18.0 Å². The van der Waals surface area contributed by atoms with Crippen molar-refractivity contribution in [2.45, 2.75) is 19.1 Å². The third-order valence-corrected chi connectivity index (χ3v) is 4.15. The second-order valence-corrected chi connectivity index (χ2v) is 5.85. The predicted molar refractivity (Wildman–Crippen MR) is 90.8 cm³/mol. The van der Waals surface area contributed by atoms with Gasteiger partial charge in [-0.05, 0) is 25.1 Å². The molecule has 0 radical (unpaired) electrons. The zero-order chi connectivity index (χ0) is 19.2. The SMILES string of the molecule is CCOc1ccc(C(=O)NCC(N2CCNCC2)C(F)(F)F)cc1OC. The van der Waals surface area contributed by atoms with Gasteiger partial charge in [0.05, 0.1) is 13.7 Å². The minimum atomic E-state index is -4.42. The quantitative estimate of drug-likeness (QED) is 0.759. The first kappa shape index (κ1) is 20.3. The number of halogens is 3. The molecule has 1 aliphatic heterocycles. The van der Waals surface area contributed by atoms with E-state index in [0.717, 1.165) is 0 Å². The lowest BCUT2D eigenvalue weighted by Gasteiger charge is -2.35. The Hall–Kier alpha value is -2.00. The number of carbonyl (C=O) groups is 1. The zero-order valence-corrected chi connectivity index (χ0v) is 14.9. The van der Waals surface area contributed by atoms with Gasteiger partial charge in [-0.2, -0.15) is 13.2 Å². The van der Waals surface area contributed by atoms with Crippen LogP contribution in [-0.4, -0.2) is 69.5 Å². The van der Waals surface area contributed by atoms with Crippen LogP contribution in [0.3, 0.4) is 0 Å². The van der Waals surface area contributed by atoms with Crippen molar-refractivity contribution >= 4 is 5.91 Å². The van der Waals surface area contributed by atoms with E-state index in [1.165, 1.54) is 24.1 Å². The van der Waals surface area contributed by atoms with Crippen LogP contribution in [0, 0.1) is 0 Å². The normalized spacial score (nSPS) is 16.8. The largest absolute Gasteiger partial charge is 0.493 e. The van der Waals surface area contributed by atoms with Crippen LogP contribution >= 0.6 is 0 Å². The molecule has 1 fully saturated rings. The molecule has 2 rings (SSSR count). The Morgan fingerprint density at radius 2 is 2.00 bits per heavy atom. The summed E-state index contributed by atoms with van der Waals surface area (Å²) in [6.07, 6.45) is -4.42. The number of piperazine rings is 1. The van der Waals surface area contributed by atoms with Crippen molar-refractivity contribution < 1.29 is 27.4 Å². The number of nitrogens with zero attached hydrogens (tertiary/aromatic N) is 1. The number of benzene rings is 1. The van der Waals surface area contributed by atoms with Crippen LogP contribution in [0.2, 0.25) is 0 Å². The van der Waals surface area contributed by atoms with Crippen LogP contribution in [0.15, 0.2) is 18.2 Å². The van der Waals surface area contributed by atoms with Gasteiger partial charge in [-0.15, -0.1) is 0 Å². The number of methoxy groups -OCH3 is 1. The monoisotopic (exact) mass is 375 g/mol. The molecular weight excluding hydrogens is 351 g/mol. The van der Waals surface area contributed by atoms with Crippen LogP contribution < -0.4 is 20.1 Å². The summed E-state index contributed by atoms with van der Waals surface area (Å²) in [5.41, 5.74) is 0.214.